The number of hydrogen-bond acceptors (Lipinski definition) is 7. The average Bonchev–Trinajstić information content (AvgIpc) is 2.26. The van der Waals surface area contributed by atoms with Gasteiger partial charge >= 0.3 is 5.97 Å². The highest BCUT2D eigenvalue weighted by Gasteiger charge is 2.15. The minimum atomic E-state index is -4.41. The molecule has 0 aromatic rings. The number of aliphatic hydroxyl groups excluding tert-OH is 1. The molecular weight excluding hydrogens is 266 g/mol. The third-order valence-electron chi connectivity index (χ3n) is 1.63. The first kappa shape index (κ1) is 19.3. The third kappa shape index (κ3) is 15.0. The first-order valence-corrected chi connectivity index (χ1v) is 6.15. The number of carbonyl (C=O) groups excluding carboxylic acids is 1. The second-order valence-electron chi connectivity index (χ2n) is 3.75. The van der Waals surface area contributed by atoms with Crippen LogP contribution in [0.15, 0.2) is 12.7 Å². The number of aliphatic hydroxyl groups is 1. The molecule has 0 aromatic carbocycles. The van der Waals surface area contributed by atoms with Crippen LogP contribution in [0.1, 0.15) is 0 Å². The molecule has 1 N–H and O–H groups in total. The van der Waals surface area contributed by atoms with Crippen LogP contribution in [0.4, 0.5) is 0 Å². The maximum Gasteiger partial charge on any atom is 0.334 e. The maximum absolute atomic E-state index is 10.6. The number of esters is 1. The molecule has 0 amide bonds. The van der Waals surface area contributed by atoms with Crippen molar-refractivity contribution in [3.8, 4) is 0 Å². The first-order valence-electron chi connectivity index (χ1n) is 4.81. The van der Waals surface area contributed by atoms with E-state index in [4.69, 9.17) is 9.84 Å². The van der Waals surface area contributed by atoms with Crippen LogP contribution < -0.4 is 0 Å². The normalized spacial score (nSPS) is 11.2. The molecule has 0 aliphatic rings. The summed E-state index contributed by atoms with van der Waals surface area (Å²) < 4.78 is 36.3. The van der Waals surface area contributed by atoms with Crippen molar-refractivity contribution < 1.29 is 36.3 Å². The number of carbonyl (C=O) groups is 1. The molecule has 0 aliphatic carbocycles. The molecule has 0 aliphatic heterocycles. The van der Waals surface area contributed by atoms with Gasteiger partial charge < -0.3 is 14.4 Å². The van der Waals surface area contributed by atoms with E-state index < -0.39 is 16.4 Å². The summed E-state index contributed by atoms with van der Waals surface area (Å²) in [5.41, 5.74) is 0. The molecule has 0 unspecified atom stereocenters. The van der Waals surface area contributed by atoms with Crippen LogP contribution in [0.3, 0.4) is 0 Å². The molecule has 0 bridgehead atoms. The van der Waals surface area contributed by atoms with Crippen molar-refractivity contribution in [3.05, 3.63) is 12.7 Å². The van der Waals surface area contributed by atoms with Crippen LogP contribution in [0.25, 0.3) is 0 Å². The van der Waals surface area contributed by atoms with Crippen LogP contribution in [-0.4, -0.2) is 69.6 Å². The van der Waals surface area contributed by atoms with E-state index in [9.17, 15) is 17.8 Å². The number of quaternary nitrogens is 1. The number of likely N-dealkylation sites (N-methyl/N-ethyl adjacent to an activating group) is 1. The van der Waals surface area contributed by atoms with Crippen molar-refractivity contribution >= 4 is 16.4 Å². The Morgan fingerprint density at radius 2 is 1.94 bits per heavy atom. The van der Waals surface area contributed by atoms with Crippen molar-refractivity contribution in [2.24, 2.45) is 0 Å². The van der Waals surface area contributed by atoms with Gasteiger partial charge in [-0.3, -0.25) is 8.67 Å². The van der Waals surface area contributed by atoms with Gasteiger partial charge in [-0.05, 0) is 0 Å². The van der Waals surface area contributed by atoms with Crippen molar-refractivity contribution in [1.29, 1.82) is 0 Å². The summed E-state index contributed by atoms with van der Waals surface area (Å²) >= 11 is 0. The number of rotatable bonds is 6. The van der Waals surface area contributed by atoms with Gasteiger partial charge in [-0.2, -0.15) is 0 Å². The lowest BCUT2D eigenvalue weighted by atomic mass is 10.5. The summed E-state index contributed by atoms with van der Waals surface area (Å²) in [5.74, 6) is -0.431. The number of hydrogen-bond donors (Lipinski definition) is 1. The molecule has 8 nitrogen and oxygen atoms in total. The van der Waals surface area contributed by atoms with Crippen LogP contribution in [0, 0.1) is 0 Å². The summed E-state index contributed by atoms with van der Waals surface area (Å²) in [6, 6.07) is 0. The largest absolute Gasteiger partial charge is 0.726 e. The van der Waals surface area contributed by atoms with Gasteiger partial charge in [0.15, 0.2) is 0 Å². The summed E-state index contributed by atoms with van der Waals surface area (Å²) in [5, 5.41) is 8.65. The fourth-order valence-electron chi connectivity index (χ4n) is 0.633. The lowest BCUT2D eigenvalue weighted by Gasteiger charge is -2.27. The molecule has 0 radical (unpaired) electrons. The minimum Gasteiger partial charge on any atom is -0.726 e. The van der Waals surface area contributed by atoms with E-state index in [0.29, 0.717) is 11.0 Å². The molecule has 0 spiro atoms. The second-order valence-corrected chi connectivity index (χ2v) is 4.90. The monoisotopic (exact) mass is 285 g/mol. The standard InChI is InChI=1S/C8H16NO3.CH4O4S/c1-4-8(11)12-7-9(2,3)5-6-10;1-5-6(2,3)4/h4,10H,1,5-7H2,2-3H3;1H3,(H,2,3,4)/q+1;/p-1. The quantitative estimate of drug-likeness (QED) is 0.163. The molecular formula is C9H19NO7S. The molecule has 0 atom stereocenters. The summed E-state index contributed by atoms with van der Waals surface area (Å²) in [4.78, 5) is 10.6. The van der Waals surface area contributed by atoms with E-state index in [1.54, 1.807) is 0 Å². The molecule has 0 heterocycles. The zero-order valence-corrected chi connectivity index (χ0v) is 11.5. The Hall–Kier alpha value is -1.00. The van der Waals surface area contributed by atoms with Crippen molar-refractivity contribution in [1.82, 2.24) is 0 Å². The lowest BCUT2D eigenvalue weighted by molar-refractivity contribution is -0.907. The van der Waals surface area contributed by atoms with E-state index in [2.05, 4.69) is 10.8 Å². The molecule has 108 valence electrons. The van der Waals surface area contributed by atoms with Gasteiger partial charge in [0.05, 0.1) is 27.8 Å². The zero-order valence-electron chi connectivity index (χ0n) is 10.7. The van der Waals surface area contributed by atoms with Gasteiger partial charge in [0.1, 0.15) is 6.54 Å². The summed E-state index contributed by atoms with van der Waals surface area (Å²) in [6.07, 6.45) is 1.12. The lowest BCUT2D eigenvalue weighted by Crippen LogP contribution is -2.44. The highest BCUT2D eigenvalue weighted by Crippen LogP contribution is 1.96. The molecule has 0 fully saturated rings. The highest BCUT2D eigenvalue weighted by molar-refractivity contribution is 7.80. The molecule has 0 saturated heterocycles. The van der Waals surface area contributed by atoms with Gasteiger partial charge in [0.25, 0.3) is 0 Å². The van der Waals surface area contributed by atoms with Crippen molar-refractivity contribution in [3.63, 3.8) is 0 Å². The Bertz CT molecular complexity index is 350. The Morgan fingerprint density at radius 3 is 2.22 bits per heavy atom. The third-order valence-corrected chi connectivity index (χ3v) is 2.04. The van der Waals surface area contributed by atoms with Crippen LogP contribution >= 0.6 is 0 Å². The zero-order chi connectivity index (χ0) is 14.8. The molecule has 18 heavy (non-hydrogen) atoms. The number of nitrogens with zero attached hydrogens (tertiary/aromatic N) is 1. The Morgan fingerprint density at radius 1 is 1.50 bits per heavy atom. The molecule has 0 rings (SSSR count). The van der Waals surface area contributed by atoms with Crippen molar-refractivity contribution in [2.75, 3.05) is 41.1 Å². The molecule has 0 aromatic heterocycles. The molecule has 0 saturated carbocycles. The fraction of sp³-hybridized carbons (Fsp3) is 0.667. The van der Waals surface area contributed by atoms with Gasteiger partial charge in [-0.25, -0.2) is 13.2 Å². The van der Waals surface area contributed by atoms with Gasteiger partial charge in [0.2, 0.25) is 17.1 Å². The fourth-order valence-corrected chi connectivity index (χ4v) is 0.633. The molecule has 9 heteroatoms. The van der Waals surface area contributed by atoms with E-state index in [1.807, 2.05) is 14.1 Å². The van der Waals surface area contributed by atoms with Crippen molar-refractivity contribution in [2.45, 2.75) is 0 Å². The number of ether oxygens (including phenoxy) is 1. The maximum atomic E-state index is 10.6. The SMILES string of the molecule is C=CC(=O)OC[N+](C)(C)CCO.COS(=O)(=O)[O-]. The minimum absolute atomic E-state index is 0.0820. The average molecular weight is 285 g/mol. The predicted molar refractivity (Wildman–Crippen MR) is 61.9 cm³/mol. The summed E-state index contributed by atoms with van der Waals surface area (Å²) in [6.45, 7) is 4.17. The smallest absolute Gasteiger partial charge is 0.334 e. The Kier molecular flexibility index (Phi) is 9.67. The van der Waals surface area contributed by atoms with Gasteiger partial charge in [-0.1, -0.05) is 6.58 Å². The predicted octanol–water partition coefficient (Wildman–Crippen LogP) is -1.17. The Labute approximate surface area is 107 Å². The highest BCUT2D eigenvalue weighted by atomic mass is 32.3. The van der Waals surface area contributed by atoms with Gasteiger partial charge in [-0.15, -0.1) is 0 Å². The Balaban J connectivity index is 0. The van der Waals surface area contributed by atoms with E-state index >= 15 is 0 Å². The van der Waals surface area contributed by atoms with Crippen LogP contribution in [0.2, 0.25) is 0 Å². The van der Waals surface area contributed by atoms with E-state index in [0.717, 1.165) is 13.2 Å². The van der Waals surface area contributed by atoms with E-state index in [-0.39, 0.29) is 13.3 Å². The van der Waals surface area contributed by atoms with E-state index in [1.165, 1.54) is 0 Å². The van der Waals surface area contributed by atoms with Crippen LogP contribution in [-0.2, 0) is 24.1 Å². The second kappa shape index (κ2) is 9.00. The topological polar surface area (TPSA) is 113 Å². The van der Waals surface area contributed by atoms with Crippen LogP contribution in [0.5, 0.6) is 0 Å². The summed E-state index contributed by atoms with van der Waals surface area (Å²) in [7, 11) is 0.131. The first-order chi connectivity index (χ1) is 8.08. The van der Waals surface area contributed by atoms with Gasteiger partial charge in [0, 0.05) is 6.08 Å².